The van der Waals surface area contributed by atoms with Crippen LogP contribution in [-0.2, 0) is 4.74 Å². The fraction of sp³-hybridized carbons (Fsp3) is 0.714. The van der Waals surface area contributed by atoms with Gasteiger partial charge in [-0.2, -0.15) is 0 Å². The molecule has 134 valence electrons. The van der Waals surface area contributed by atoms with Gasteiger partial charge in [0.15, 0.2) is 5.82 Å². The number of rotatable bonds is 4. The third-order valence-electron chi connectivity index (χ3n) is 4.40. The van der Waals surface area contributed by atoms with Crippen molar-refractivity contribution in [3.8, 4) is 0 Å². The quantitative estimate of drug-likeness (QED) is 0.377. The number of hydrogen-bond acceptors (Lipinski definition) is 8. The number of aliphatic hydroxyl groups is 3. The molecule has 7 N–H and O–H groups in total. The van der Waals surface area contributed by atoms with Gasteiger partial charge in [-0.05, 0) is 12.8 Å². The molecule has 10 heteroatoms. The van der Waals surface area contributed by atoms with Crippen LogP contribution in [0.5, 0.6) is 0 Å². The van der Waals surface area contributed by atoms with E-state index in [9.17, 15) is 15.0 Å². The van der Waals surface area contributed by atoms with Gasteiger partial charge < -0.3 is 30.8 Å². The van der Waals surface area contributed by atoms with Crippen molar-refractivity contribution < 1.29 is 24.9 Å². The first kappa shape index (κ1) is 17.1. The van der Waals surface area contributed by atoms with Gasteiger partial charge in [0.1, 0.15) is 35.9 Å². The van der Waals surface area contributed by atoms with Gasteiger partial charge >= 0.3 is 0 Å². The summed E-state index contributed by atoms with van der Waals surface area (Å²) in [6.45, 7) is 1.12. The van der Waals surface area contributed by atoms with Crippen LogP contribution in [-0.4, -0.2) is 74.2 Å². The molecule has 1 aromatic rings. The minimum Gasteiger partial charge on any atom is -0.394 e. The Morgan fingerprint density at radius 3 is 2.67 bits per heavy atom. The number of amides is 1. The number of nitrogens with zero attached hydrogens (tertiary/aromatic N) is 2. The lowest BCUT2D eigenvalue weighted by molar-refractivity contribution is -0.0250. The molecule has 3 heterocycles. The van der Waals surface area contributed by atoms with Crippen LogP contribution in [0.4, 0.5) is 5.82 Å². The molecule has 0 aromatic carbocycles. The maximum atomic E-state index is 12.3. The van der Waals surface area contributed by atoms with Gasteiger partial charge in [-0.15, -0.1) is 0 Å². The second-order valence-electron chi connectivity index (χ2n) is 6.13. The van der Waals surface area contributed by atoms with Crippen LogP contribution in [0.15, 0.2) is 0 Å². The fourth-order valence-electron chi connectivity index (χ4n) is 3.04. The van der Waals surface area contributed by atoms with E-state index in [-0.39, 0.29) is 17.3 Å². The average molecular weight is 341 g/mol. The van der Waals surface area contributed by atoms with Crippen molar-refractivity contribution >= 4 is 11.7 Å². The van der Waals surface area contributed by atoms with Crippen LogP contribution in [0.1, 0.15) is 41.7 Å². The fourth-order valence-corrected chi connectivity index (χ4v) is 3.04. The van der Waals surface area contributed by atoms with E-state index >= 15 is 0 Å². The van der Waals surface area contributed by atoms with E-state index in [0.29, 0.717) is 0 Å². The van der Waals surface area contributed by atoms with Crippen LogP contribution in [0, 0.1) is 0 Å². The summed E-state index contributed by atoms with van der Waals surface area (Å²) in [5.74, 6) is -0.295. The van der Waals surface area contributed by atoms with Gasteiger partial charge in [-0.1, -0.05) is 6.42 Å². The lowest BCUT2D eigenvalue weighted by Gasteiger charge is -2.26. The van der Waals surface area contributed by atoms with Gasteiger partial charge in [0.2, 0.25) is 0 Å². The Kier molecular flexibility index (Phi) is 5.01. The number of piperidine rings is 1. The number of aromatic nitrogens is 2. The molecular weight excluding hydrogens is 318 g/mol. The van der Waals surface area contributed by atoms with E-state index < -0.39 is 36.9 Å². The van der Waals surface area contributed by atoms with Gasteiger partial charge in [-0.25, -0.2) is 9.99 Å². The maximum absolute atomic E-state index is 12.3. The summed E-state index contributed by atoms with van der Waals surface area (Å²) < 4.78 is 5.38. The zero-order chi connectivity index (χ0) is 17.3. The highest BCUT2D eigenvalue weighted by molar-refractivity contribution is 5.96. The summed E-state index contributed by atoms with van der Waals surface area (Å²) in [6, 6.07) is 0. The van der Waals surface area contributed by atoms with Crippen LogP contribution < -0.4 is 11.2 Å². The molecule has 0 saturated carbocycles. The molecule has 0 radical (unpaired) electrons. The normalized spacial score (nSPS) is 31.3. The predicted octanol–water partition coefficient (Wildman–Crippen LogP) is -1.72. The topological polar surface area (TPSA) is 157 Å². The lowest BCUT2D eigenvalue weighted by atomic mass is 10.1. The summed E-state index contributed by atoms with van der Waals surface area (Å²) in [6.07, 6.45) is -1.23. The number of nitrogens with two attached hydrogens (primary N) is 1. The van der Waals surface area contributed by atoms with Crippen molar-refractivity contribution in [2.45, 2.75) is 43.7 Å². The first-order valence-corrected chi connectivity index (χ1v) is 8.05. The largest absolute Gasteiger partial charge is 0.394 e. The van der Waals surface area contributed by atoms with E-state index in [1.807, 2.05) is 5.01 Å². The summed E-state index contributed by atoms with van der Waals surface area (Å²) >= 11 is 0. The van der Waals surface area contributed by atoms with Crippen LogP contribution in [0.3, 0.4) is 0 Å². The number of ether oxygens (including phenoxy) is 1. The first-order valence-electron chi connectivity index (χ1n) is 8.05. The van der Waals surface area contributed by atoms with Gasteiger partial charge in [0, 0.05) is 13.1 Å². The van der Waals surface area contributed by atoms with Crippen LogP contribution in [0.25, 0.3) is 0 Å². The molecule has 2 aliphatic rings. The van der Waals surface area contributed by atoms with Crippen molar-refractivity contribution in [2.75, 3.05) is 25.4 Å². The third kappa shape index (κ3) is 3.23. The Bertz CT molecular complexity index is 588. The molecule has 24 heavy (non-hydrogen) atoms. The smallest absolute Gasteiger partial charge is 0.285 e. The predicted molar refractivity (Wildman–Crippen MR) is 82.6 cm³/mol. The molecule has 0 unspecified atom stereocenters. The van der Waals surface area contributed by atoms with Crippen molar-refractivity contribution in [1.29, 1.82) is 0 Å². The van der Waals surface area contributed by atoms with Crippen molar-refractivity contribution in [3.05, 3.63) is 11.5 Å². The Morgan fingerprint density at radius 2 is 2.04 bits per heavy atom. The Labute approximate surface area is 138 Å². The van der Waals surface area contributed by atoms with Crippen molar-refractivity contribution in [3.63, 3.8) is 0 Å². The highest BCUT2D eigenvalue weighted by Gasteiger charge is 2.44. The number of hydrogen-bond donors (Lipinski definition) is 6. The molecule has 0 spiro atoms. The average Bonchev–Trinajstić information content (AvgIpc) is 3.09. The number of aliphatic hydroxyl groups excluding tert-OH is 3. The SMILES string of the molecule is Nc1nc([C@@H]2O[C@H](CO)[C@@H](O)[C@H]2O)[nH]c1C(=O)NN1CCCCC1. The number of carbonyl (C=O) groups is 1. The molecule has 2 aliphatic heterocycles. The first-order chi connectivity index (χ1) is 11.5. The van der Waals surface area contributed by atoms with E-state index in [2.05, 4.69) is 15.4 Å². The standard InChI is InChI=1S/C14H23N5O5/c15-12-8(14(23)18-19-4-2-1-3-5-19)16-13(17-12)11-10(22)9(21)7(6-20)24-11/h7,9-11,20-22H,1-6,15H2,(H,16,17)(H,18,23)/t7-,9-,10-,11-/m1/s1. The molecule has 0 aliphatic carbocycles. The summed E-state index contributed by atoms with van der Waals surface area (Å²) in [5, 5.41) is 30.8. The highest BCUT2D eigenvalue weighted by atomic mass is 16.6. The molecular formula is C14H23N5O5. The monoisotopic (exact) mass is 341 g/mol. The second kappa shape index (κ2) is 7.03. The zero-order valence-electron chi connectivity index (χ0n) is 13.2. The number of carbonyl (C=O) groups excluding carboxylic acids is 1. The highest BCUT2D eigenvalue weighted by Crippen LogP contribution is 2.32. The van der Waals surface area contributed by atoms with Crippen LogP contribution >= 0.6 is 0 Å². The Hall–Kier alpha value is -1.72. The van der Waals surface area contributed by atoms with E-state index in [1.165, 1.54) is 0 Å². The summed E-state index contributed by atoms with van der Waals surface area (Å²) in [4.78, 5) is 19.1. The minimum absolute atomic E-state index is 0.0164. The molecule has 2 saturated heterocycles. The number of aromatic amines is 1. The molecule has 10 nitrogen and oxygen atoms in total. The molecule has 0 bridgehead atoms. The Balaban J connectivity index is 1.71. The third-order valence-corrected chi connectivity index (χ3v) is 4.40. The Morgan fingerprint density at radius 1 is 1.33 bits per heavy atom. The number of hydrazine groups is 1. The maximum Gasteiger partial charge on any atom is 0.285 e. The van der Waals surface area contributed by atoms with Crippen LogP contribution in [0.2, 0.25) is 0 Å². The number of H-pyrrole nitrogens is 1. The number of imidazole rings is 1. The summed E-state index contributed by atoms with van der Waals surface area (Å²) in [5.41, 5.74) is 8.64. The molecule has 4 atom stereocenters. The van der Waals surface area contributed by atoms with Crippen molar-refractivity contribution in [2.24, 2.45) is 0 Å². The zero-order valence-corrected chi connectivity index (χ0v) is 13.2. The molecule has 2 fully saturated rings. The minimum atomic E-state index is -1.27. The number of anilines is 1. The molecule has 1 aromatic heterocycles. The molecule has 3 rings (SSSR count). The van der Waals surface area contributed by atoms with E-state index in [1.54, 1.807) is 0 Å². The second-order valence-corrected chi connectivity index (χ2v) is 6.13. The lowest BCUT2D eigenvalue weighted by Crippen LogP contribution is -2.45. The summed E-state index contributed by atoms with van der Waals surface area (Å²) in [7, 11) is 0. The number of nitrogen functional groups attached to an aromatic ring is 1. The van der Waals surface area contributed by atoms with Gasteiger partial charge in [0.05, 0.1) is 6.61 Å². The van der Waals surface area contributed by atoms with Gasteiger partial charge in [-0.3, -0.25) is 10.2 Å². The number of nitrogens with one attached hydrogen (secondary N) is 2. The van der Waals surface area contributed by atoms with Crippen molar-refractivity contribution in [1.82, 2.24) is 20.4 Å². The van der Waals surface area contributed by atoms with E-state index in [4.69, 9.17) is 15.6 Å². The van der Waals surface area contributed by atoms with E-state index in [0.717, 1.165) is 32.4 Å². The molecule has 1 amide bonds. The van der Waals surface area contributed by atoms with Gasteiger partial charge in [0.25, 0.3) is 5.91 Å².